The molecule has 1 aliphatic carbocycles. The normalized spacial score (nSPS) is 11.7. The molecular formula is C31H32N2. The Labute approximate surface area is 198 Å². The van der Waals surface area contributed by atoms with Gasteiger partial charge in [0, 0.05) is 37.6 Å². The van der Waals surface area contributed by atoms with E-state index in [0.29, 0.717) is 0 Å². The van der Waals surface area contributed by atoms with Crippen molar-refractivity contribution in [2.24, 2.45) is 0 Å². The van der Waals surface area contributed by atoms with Gasteiger partial charge in [-0.2, -0.15) is 0 Å². The highest BCUT2D eigenvalue weighted by molar-refractivity contribution is 5.81. The van der Waals surface area contributed by atoms with Gasteiger partial charge in [-0.1, -0.05) is 72.8 Å². The third-order valence-electron chi connectivity index (χ3n) is 6.78. The maximum atomic E-state index is 2.50. The van der Waals surface area contributed by atoms with Gasteiger partial charge >= 0.3 is 0 Å². The van der Waals surface area contributed by atoms with Gasteiger partial charge in [-0.05, 0) is 77.9 Å². The quantitative estimate of drug-likeness (QED) is 0.254. The van der Waals surface area contributed by atoms with Crippen molar-refractivity contribution in [2.45, 2.75) is 33.4 Å². The van der Waals surface area contributed by atoms with E-state index in [0.717, 1.165) is 32.6 Å². The van der Waals surface area contributed by atoms with Gasteiger partial charge in [-0.15, -0.1) is 0 Å². The fraction of sp³-hybridized carbons (Fsp3) is 0.226. The van der Waals surface area contributed by atoms with Crippen LogP contribution in [0, 0.1) is 0 Å². The molecule has 0 saturated heterocycles. The van der Waals surface area contributed by atoms with Gasteiger partial charge in [0.1, 0.15) is 0 Å². The van der Waals surface area contributed by atoms with Crippen LogP contribution in [0.2, 0.25) is 0 Å². The van der Waals surface area contributed by atoms with Crippen LogP contribution in [0.4, 0.5) is 11.4 Å². The molecule has 2 heteroatoms. The van der Waals surface area contributed by atoms with Crippen LogP contribution >= 0.6 is 0 Å². The summed E-state index contributed by atoms with van der Waals surface area (Å²) >= 11 is 0. The van der Waals surface area contributed by atoms with Crippen LogP contribution < -0.4 is 9.80 Å². The Morgan fingerprint density at radius 3 is 1.73 bits per heavy atom. The van der Waals surface area contributed by atoms with Crippen molar-refractivity contribution in [3.05, 3.63) is 119 Å². The summed E-state index contributed by atoms with van der Waals surface area (Å²) in [6.07, 6.45) is 1.02. The molecule has 0 atom stereocenters. The molecule has 0 radical (unpaired) electrons. The van der Waals surface area contributed by atoms with E-state index in [4.69, 9.17) is 0 Å². The van der Waals surface area contributed by atoms with Crippen molar-refractivity contribution < 1.29 is 0 Å². The third kappa shape index (κ3) is 4.52. The van der Waals surface area contributed by atoms with E-state index in [1.54, 1.807) is 0 Å². The molecule has 0 N–H and O–H groups in total. The summed E-state index contributed by atoms with van der Waals surface area (Å²) in [7, 11) is 0. The predicted molar refractivity (Wildman–Crippen MR) is 141 cm³/mol. The van der Waals surface area contributed by atoms with E-state index in [-0.39, 0.29) is 0 Å². The minimum Gasteiger partial charge on any atom is -0.372 e. The second-order valence-electron chi connectivity index (χ2n) is 8.86. The molecule has 0 fully saturated rings. The zero-order valence-corrected chi connectivity index (χ0v) is 19.7. The van der Waals surface area contributed by atoms with Gasteiger partial charge in [0.2, 0.25) is 0 Å². The molecule has 0 bridgehead atoms. The second-order valence-corrected chi connectivity index (χ2v) is 8.86. The molecule has 33 heavy (non-hydrogen) atoms. The molecule has 0 spiro atoms. The Morgan fingerprint density at radius 2 is 1.12 bits per heavy atom. The van der Waals surface area contributed by atoms with E-state index in [9.17, 15) is 0 Å². The minimum absolute atomic E-state index is 0.896. The number of rotatable bonds is 8. The SMILES string of the molecule is CCN(CC)c1ccc2c(c1)-c1ccc(N(Cc3ccccc3)Cc3ccccc3)cc1C2. The van der Waals surface area contributed by atoms with Crippen LogP contribution in [0.25, 0.3) is 11.1 Å². The van der Waals surface area contributed by atoms with Gasteiger partial charge < -0.3 is 9.80 Å². The van der Waals surface area contributed by atoms with Crippen LogP contribution in [-0.4, -0.2) is 13.1 Å². The van der Waals surface area contributed by atoms with Crippen molar-refractivity contribution in [3.63, 3.8) is 0 Å². The van der Waals surface area contributed by atoms with E-state index in [1.165, 1.54) is 44.8 Å². The van der Waals surface area contributed by atoms with E-state index in [1.807, 2.05) is 0 Å². The number of fused-ring (bicyclic) bond motifs is 3. The minimum atomic E-state index is 0.896. The van der Waals surface area contributed by atoms with Crippen LogP contribution in [0.5, 0.6) is 0 Å². The lowest BCUT2D eigenvalue weighted by Crippen LogP contribution is -2.22. The van der Waals surface area contributed by atoms with Gasteiger partial charge in [0.15, 0.2) is 0 Å². The lowest BCUT2D eigenvalue weighted by atomic mass is 10.0. The number of benzene rings is 4. The highest BCUT2D eigenvalue weighted by atomic mass is 15.1. The monoisotopic (exact) mass is 432 g/mol. The molecule has 0 saturated carbocycles. The number of anilines is 2. The van der Waals surface area contributed by atoms with Crippen LogP contribution in [0.15, 0.2) is 97.1 Å². The highest BCUT2D eigenvalue weighted by Crippen LogP contribution is 2.40. The first kappa shape index (κ1) is 21.3. The van der Waals surface area contributed by atoms with E-state index >= 15 is 0 Å². The molecule has 4 aromatic rings. The first-order chi connectivity index (χ1) is 16.2. The van der Waals surface area contributed by atoms with E-state index in [2.05, 4.69) is 121 Å². The molecule has 0 heterocycles. The summed E-state index contributed by atoms with van der Waals surface area (Å²) in [6.45, 7) is 8.32. The Hall–Kier alpha value is -3.52. The molecule has 2 nitrogen and oxygen atoms in total. The van der Waals surface area contributed by atoms with Crippen molar-refractivity contribution in [1.82, 2.24) is 0 Å². The first-order valence-electron chi connectivity index (χ1n) is 12.1. The second kappa shape index (κ2) is 9.54. The zero-order chi connectivity index (χ0) is 22.6. The van der Waals surface area contributed by atoms with Gasteiger partial charge in [0.05, 0.1) is 0 Å². The Balaban J connectivity index is 1.47. The average molecular weight is 433 g/mol. The average Bonchev–Trinajstić information content (AvgIpc) is 3.23. The summed E-state index contributed by atoms with van der Waals surface area (Å²) in [5.41, 5.74) is 11.0. The van der Waals surface area contributed by atoms with Crippen molar-refractivity contribution in [3.8, 4) is 11.1 Å². The fourth-order valence-electron chi connectivity index (χ4n) is 4.99. The summed E-state index contributed by atoms with van der Waals surface area (Å²) in [5.74, 6) is 0. The summed E-state index contributed by atoms with van der Waals surface area (Å²) in [6, 6.07) is 35.6. The predicted octanol–water partition coefficient (Wildman–Crippen LogP) is 7.31. The smallest absolute Gasteiger partial charge is 0.0433 e. The lowest BCUT2D eigenvalue weighted by Gasteiger charge is -2.26. The van der Waals surface area contributed by atoms with Crippen molar-refractivity contribution in [1.29, 1.82) is 0 Å². The molecule has 4 aromatic carbocycles. The molecule has 1 aliphatic rings. The Bertz CT molecular complexity index is 1170. The van der Waals surface area contributed by atoms with Crippen molar-refractivity contribution >= 4 is 11.4 Å². The molecule has 0 aliphatic heterocycles. The van der Waals surface area contributed by atoms with Crippen LogP contribution in [0.3, 0.4) is 0 Å². The van der Waals surface area contributed by atoms with Crippen LogP contribution in [0.1, 0.15) is 36.1 Å². The Kier molecular flexibility index (Phi) is 6.17. The lowest BCUT2D eigenvalue weighted by molar-refractivity contribution is 0.799. The molecule has 0 unspecified atom stereocenters. The largest absolute Gasteiger partial charge is 0.372 e. The topological polar surface area (TPSA) is 6.48 Å². The fourth-order valence-corrected chi connectivity index (χ4v) is 4.99. The maximum Gasteiger partial charge on any atom is 0.0433 e. The van der Waals surface area contributed by atoms with E-state index < -0.39 is 0 Å². The van der Waals surface area contributed by atoms with Crippen LogP contribution in [-0.2, 0) is 19.5 Å². The summed E-state index contributed by atoms with van der Waals surface area (Å²) < 4.78 is 0. The maximum absolute atomic E-state index is 2.50. The summed E-state index contributed by atoms with van der Waals surface area (Å²) in [5, 5.41) is 0. The molecular weight excluding hydrogens is 400 g/mol. The van der Waals surface area contributed by atoms with Gasteiger partial charge in [0.25, 0.3) is 0 Å². The molecule has 5 rings (SSSR count). The van der Waals surface area contributed by atoms with Gasteiger partial charge in [-0.3, -0.25) is 0 Å². The number of hydrogen-bond acceptors (Lipinski definition) is 2. The first-order valence-corrected chi connectivity index (χ1v) is 12.1. The summed E-state index contributed by atoms with van der Waals surface area (Å²) in [4.78, 5) is 4.92. The third-order valence-corrected chi connectivity index (χ3v) is 6.78. The molecule has 0 amide bonds. The zero-order valence-electron chi connectivity index (χ0n) is 19.7. The molecule has 166 valence electrons. The number of hydrogen-bond donors (Lipinski definition) is 0. The Morgan fingerprint density at radius 1 is 0.545 bits per heavy atom. The standard InChI is InChI=1S/C31H32N2/c1-3-32(4-2)29-16-15-26-19-27-20-28(17-18-30(27)31(26)21-29)33(22-24-11-7-5-8-12-24)23-25-13-9-6-10-14-25/h5-18,20-21H,3-4,19,22-23H2,1-2H3. The van der Waals surface area contributed by atoms with Crippen molar-refractivity contribution in [2.75, 3.05) is 22.9 Å². The molecule has 0 aromatic heterocycles. The highest BCUT2D eigenvalue weighted by Gasteiger charge is 2.21. The van der Waals surface area contributed by atoms with Gasteiger partial charge in [-0.25, -0.2) is 0 Å². The number of nitrogens with zero attached hydrogens (tertiary/aromatic N) is 2.